The Morgan fingerprint density at radius 1 is 1.21 bits per heavy atom. The number of likely N-dealkylation sites (N-methyl/N-ethyl adjacent to an activating group) is 1. The van der Waals surface area contributed by atoms with Gasteiger partial charge in [0.05, 0.1) is 0 Å². The van der Waals surface area contributed by atoms with E-state index in [1.807, 2.05) is 0 Å². The normalized spacial score (nSPS) is 19.7. The molecular weight excluding hydrogens is 172 g/mol. The lowest BCUT2D eigenvalue weighted by Gasteiger charge is -2.47. The SMILES string of the molecule is CCCCCNCC1(N(C)C)CCC1. The van der Waals surface area contributed by atoms with Gasteiger partial charge in [0.1, 0.15) is 0 Å². The van der Waals surface area contributed by atoms with E-state index in [1.165, 1.54) is 51.6 Å². The zero-order chi connectivity index (χ0) is 10.4. The molecule has 0 heterocycles. The van der Waals surface area contributed by atoms with Crippen LogP contribution in [-0.4, -0.2) is 37.6 Å². The molecule has 2 heteroatoms. The van der Waals surface area contributed by atoms with E-state index in [9.17, 15) is 0 Å². The van der Waals surface area contributed by atoms with Crippen LogP contribution in [0.4, 0.5) is 0 Å². The molecule has 1 fully saturated rings. The second-order valence-corrected chi connectivity index (χ2v) is 4.86. The van der Waals surface area contributed by atoms with Crippen molar-refractivity contribution < 1.29 is 0 Å². The summed E-state index contributed by atoms with van der Waals surface area (Å²) in [5.41, 5.74) is 0.492. The number of nitrogens with zero attached hydrogens (tertiary/aromatic N) is 1. The molecule has 14 heavy (non-hydrogen) atoms. The predicted molar refractivity (Wildman–Crippen MR) is 62.7 cm³/mol. The topological polar surface area (TPSA) is 15.3 Å². The van der Waals surface area contributed by atoms with Gasteiger partial charge in [-0.2, -0.15) is 0 Å². The molecule has 84 valence electrons. The van der Waals surface area contributed by atoms with Gasteiger partial charge in [-0.25, -0.2) is 0 Å². The Bertz CT molecular complexity index is 150. The smallest absolute Gasteiger partial charge is 0.0327 e. The Hall–Kier alpha value is -0.0800. The Morgan fingerprint density at radius 3 is 2.36 bits per heavy atom. The molecule has 1 aliphatic carbocycles. The van der Waals surface area contributed by atoms with Crippen molar-refractivity contribution in [3.8, 4) is 0 Å². The predicted octanol–water partition coefficient (Wildman–Crippen LogP) is 2.25. The van der Waals surface area contributed by atoms with Crippen molar-refractivity contribution in [1.29, 1.82) is 0 Å². The summed E-state index contributed by atoms with van der Waals surface area (Å²) in [7, 11) is 4.43. The van der Waals surface area contributed by atoms with Crippen LogP contribution < -0.4 is 5.32 Å². The molecule has 0 aromatic carbocycles. The van der Waals surface area contributed by atoms with Gasteiger partial charge in [0.25, 0.3) is 0 Å². The van der Waals surface area contributed by atoms with Crippen LogP contribution in [0.15, 0.2) is 0 Å². The van der Waals surface area contributed by atoms with Crippen LogP contribution in [0, 0.1) is 0 Å². The van der Waals surface area contributed by atoms with Crippen LogP contribution in [-0.2, 0) is 0 Å². The minimum absolute atomic E-state index is 0.492. The molecule has 0 atom stereocenters. The Kier molecular flexibility index (Phi) is 4.90. The molecule has 2 nitrogen and oxygen atoms in total. The van der Waals surface area contributed by atoms with Gasteiger partial charge < -0.3 is 10.2 Å². The quantitative estimate of drug-likeness (QED) is 0.631. The molecule has 1 N–H and O–H groups in total. The van der Waals surface area contributed by atoms with E-state index in [0.29, 0.717) is 5.54 Å². The zero-order valence-corrected chi connectivity index (χ0v) is 10.1. The van der Waals surface area contributed by atoms with E-state index in [2.05, 4.69) is 31.2 Å². The summed E-state index contributed by atoms with van der Waals surface area (Å²) in [5, 5.41) is 3.60. The van der Waals surface area contributed by atoms with Crippen molar-refractivity contribution in [3.05, 3.63) is 0 Å². The van der Waals surface area contributed by atoms with E-state index < -0.39 is 0 Å². The fourth-order valence-corrected chi connectivity index (χ4v) is 2.19. The van der Waals surface area contributed by atoms with Crippen LogP contribution in [0.3, 0.4) is 0 Å². The Balaban J connectivity index is 2.09. The molecule has 0 bridgehead atoms. The maximum absolute atomic E-state index is 3.60. The van der Waals surface area contributed by atoms with Crippen LogP contribution in [0.25, 0.3) is 0 Å². The average Bonchev–Trinajstić information content (AvgIpc) is 2.07. The van der Waals surface area contributed by atoms with Gasteiger partial charge in [-0.05, 0) is 46.3 Å². The molecule has 1 rings (SSSR count). The van der Waals surface area contributed by atoms with Crippen molar-refractivity contribution in [2.45, 2.75) is 51.0 Å². The van der Waals surface area contributed by atoms with Crippen molar-refractivity contribution in [1.82, 2.24) is 10.2 Å². The van der Waals surface area contributed by atoms with Gasteiger partial charge in [0.15, 0.2) is 0 Å². The van der Waals surface area contributed by atoms with Crippen LogP contribution >= 0.6 is 0 Å². The second-order valence-electron chi connectivity index (χ2n) is 4.86. The number of nitrogens with one attached hydrogen (secondary N) is 1. The molecule has 0 amide bonds. The lowest BCUT2D eigenvalue weighted by Crippen LogP contribution is -2.56. The number of unbranched alkanes of at least 4 members (excludes halogenated alkanes) is 2. The standard InChI is InChI=1S/C12H26N2/c1-4-5-6-10-13-11-12(14(2)3)8-7-9-12/h13H,4-11H2,1-3H3. The molecule has 1 saturated carbocycles. The van der Waals surface area contributed by atoms with Crippen molar-refractivity contribution >= 4 is 0 Å². The van der Waals surface area contributed by atoms with Crippen molar-refractivity contribution in [3.63, 3.8) is 0 Å². The van der Waals surface area contributed by atoms with E-state index in [-0.39, 0.29) is 0 Å². The molecule has 0 unspecified atom stereocenters. The van der Waals surface area contributed by atoms with Crippen molar-refractivity contribution in [2.24, 2.45) is 0 Å². The number of hydrogen-bond donors (Lipinski definition) is 1. The minimum Gasteiger partial charge on any atom is -0.315 e. The molecular formula is C12H26N2. The van der Waals surface area contributed by atoms with Crippen LogP contribution in [0.1, 0.15) is 45.4 Å². The van der Waals surface area contributed by atoms with Gasteiger partial charge in [-0.15, -0.1) is 0 Å². The highest BCUT2D eigenvalue weighted by Crippen LogP contribution is 2.35. The highest BCUT2D eigenvalue weighted by Gasteiger charge is 2.38. The molecule has 0 aromatic rings. The van der Waals surface area contributed by atoms with Crippen molar-refractivity contribution in [2.75, 3.05) is 27.2 Å². The van der Waals surface area contributed by atoms with Crippen LogP contribution in [0.5, 0.6) is 0 Å². The molecule has 0 aliphatic heterocycles. The molecule has 0 saturated heterocycles. The fourth-order valence-electron chi connectivity index (χ4n) is 2.19. The maximum atomic E-state index is 3.60. The van der Waals surface area contributed by atoms with E-state index >= 15 is 0 Å². The first-order valence-corrected chi connectivity index (χ1v) is 6.09. The summed E-state index contributed by atoms with van der Waals surface area (Å²) >= 11 is 0. The third kappa shape index (κ3) is 2.96. The summed E-state index contributed by atoms with van der Waals surface area (Å²) in [6, 6.07) is 0. The molecule has 0 spiro atoms. The fraction of sp³-hybridized carbons (Fsp3) is 1.00. The largest absolute Gasteiger partial charge is 0.315 e. The minimum atomic E-state index is 0.492. The summed E-state index contributed by atoms with van der Waals surface area (Å²) in [5.74, 6) is 0. The zero-order valence-electron chi connectivity index (χ0n) is 10.1. The summed E-state index contributed by atoms with van der Waals surface area (Å²) in [6.07, 6.45) is 8.18. The first-order valence-electron chi connectivity index (χ1n) is 6.09. The third-order valence-electron chi connectivity index (χ3n) is 3.64. The highest BCUT2D eigenvalue weighted by atomic mass is 15.2. The summed E-state index contributed by atoms with van der Waals surface area (Å²) in [4.78, 5) is 2.41. The van der Waals surface area contributed by atoms with E-state index in [4.69, 9.17) is 0 Å². The van der Waals surface area contributed by atoms with Gasteiger partial charge in [-0.1, -0.05) is 19.8 Å². The highest BCUT2D eigenvalue weighted by molar-refractivity contribution is 4.97. The van der Waals surface area contributed by atoms with Gasteiger partial charge in [0.2, 0.25) is 0 Å². The Labute approximate surface area is 89.1 Å². The Morgan fingerprint density at radius 2 is 1.93 bits per heavy atom. The second kappa shape index (κ2) is 5.72. The molecule has 0 radical (unpaired) electrons. The lowest BCUT2D eigenvalue weighted by atomic mass is 9.75. The summed E-state index contributed by atoms with van der Waals surface area (Å²) in [6.45, 7) is 4.64. The summed E-state index contributed by atoms with van der Waals surface area (Å²) < 4.78 is 0. The first kappa shape index (κ1) is 12.0. The van der Waals surface area contributed by atoms with E-state index in [0.717, 1.165) is 0 Å². The third-order valence-corrected chi connectivity index (χ3v) is 3.64. The first-order chi connectivity index (χ1) is 6.71. The molecule has 1 aliphatic rings. The van der Waals surface area contributed by atoms with Crippen LogP contribution in [0.2, 0.25) is 0 Å². The average molecular weight is 198 g/mol. The number of hydrogen-bond acceptors (Lipinski definition) is 2. The monoisotopic (exact) mass is 198 g/mol. The maximum Gasteiger partial charge on any atom is 0.0327 e. The number of rotatable bonds is 7. The van der Waals surface area contributed by atoms with E-state index in [1.54, 1.807) is 0 Å². The van der Waals surface area contributed by atoms with Gasteiger partial charge in [0, 0.05) is 12.1 Å². The lowest BCUT2D eigenvalue weighted by molar-refractivity contribution is 0.0602. The molecule has 0 aromatic heterocycles. The van der Waals surface area contributed by atoms with Gasteiger partial charge in [-0.3, -0.25) is 0 Å². The van der Waals surface area contributed by atoms with Gasteiger partial charge >= 0.3 is 0 Å².